The lowest BCUT2D eigenvalue weighted by molar-refractivity contribution is -0.144. The Labute approximate surface area is 148 Å². The van der Waals surface area contributed by atoms with Gasteiger partial charge >= 0.3 is 0 Å². The standard InChI is InChI=1S/C20H25FN2O2/c1-20(2,3)19(24)23-11-7-6-10-17(23)18-22-13-15(25-18)12-14-8-4-5-9-16(14)21/h4-5,8-9,13,17H,6-7,10-12H2,1-3H3/t17-/m1/s1. The molecule has 25 heavy (non-hydrogen) atoms. The summed E-state index contributed by atoms with van der Waals surface area (Å²) >= 11 is 0. The molecular weight excluding hydrogens is 319 g/mol. The van der Waals surface area contributed by atoms with Crippen LogP contribution in [-0.2, 0) is 11.2 Å². The number of carbonyl (C=O) groups excluding carboxylic acids is 1. The number of carbonyl (C=O) groups is 1. The van der Waals surface area contributed by atoms with Gasteiger partial charge in [-0.05, 0) is 30.9 Å². The van der Waals surface area contributed by atoms with Gasteiger partial charge in [0.2, 0.25) is 11.8 Å². The molecule has 1 saturated heterocycles. The molecule has 1 amide bonds. The predicted octanol–water partition coefficient (Wildman–Crippen LogP) is 4.50. The molecule has 0 bridgehead atoms. The van der Waals surface area contributed by atoms with E-state index in [0.717, 1.165) is 25.8 Å². The first-order valence-corrected chi connectivity index (χ1v) is 8.85. The van der Waals surface area contributed by atoms with Gasteiger partial charge in [-0.2, -0.15) is 0 Å². The maximum Gasteiger partial charge on any atom is 0.228 e. The van der Waals surface area contributed by atoms with Crippen LogP contribution in [0.25, 0.3) is 0 Å². The molecule has 1 aromatic heterocycles. The van der Waals surface area contributed by atoms with Crippen LogP contribution in [0.4, 0.5) is 4.39 Å². The minimum Gasteiger partial charge on any atom is -0.443 e. The van der Waals surface area contributed by atoms with Gasteiger partial charge in [-0.25, -0.2) is 9.37 Å². The average Bonchev–Trinajstić information content (AvgIpc) is 3.04. The Morgan fingerprint density at radius 1 is 1.32 bits per heavy atom. The molecule has 0 saturated carbocycles. The number of likely N-dealkylation sites (tertiary alicyclic amines) is 1. The first-order valence-electron chi connectivity index (χ1n) is 8.85. The molecule has 3 rings (SSSR count). The fourth-order valence-electron chi connectivity index (χ4n) is 3.25. The van der Waals surface area contributed by atoms with Crippen molar-refractivity contribution in [3.63, 3.8) is 0 Å². The summed E-state index contributed by atoms with van der Waals surface area (Å²) in [4.78, 5) is 19.0. The topological polar surface area (TPSA) is 46.3 Å². The van der Waals surface area contributed by atoms with Crippen molar-refractivity contribution in [2.75, 3.05) is 6.54 Å². The molecule has 0 radical (unpaired) electrons. The summed E-state index contributed by atoms with van der Waals surface area (Å²) in [5, 5.41) is 0. The molecule has 1 fully saturated rings. The number of aromatic nitrogens is 1. The second kappa shape index (κ2) is 6.98. The first kappa shape index (κ1) is 17.6. The summed E-state index contributed by atoms with van der Waals surface area (Å²) in [7, 11) is 0. The summed E-state index contributed by atoms with van der Waals surface area (Å²) in [6.45, 7) is 6.52. The minimum absolute atomic E-state index is 0.117. The Morgan fingerprint density at radius 2 is 2.08 bits per heavy atom. The summed E-state index contributed by atoms with van der Waals surface area (Å²) in [6.07, 6.45) is 4.90. The molecule has 0 unspecified atom stereocenters. The number of benzene rings is 1. The maximum atomic E-state index is 13.8. The lowest BCUT2D eigenvalue weighted by Gasteiger charge is -2.37. The Balaban J connectivity index is 1.80. The quantitative estimate of drug-likeness (QED) is 0.823. The Hall–Kier alpha value is -2.17. The number of amides is 1. The van der Waals surface area contributed by atoms with E-state index in [2.05, 4.69) is 4.98 Å². The van der Waals surface area contributed by atoms with Gasteiger partial charge < -0.3 is 9.32 Å². The molecule has 5 heteroatoms. The van der Waals surface area contributed by atoms with Crippen molar-refractivity contribution in [2.45, 2.75) is 52.5 Å². The first-order chi connectivity index (χ1) is 11.9. The molecule has 1 aliphatic heterocycles. The number of hydrogen-bond donors (Lipinski definition) is 0. The van der Waals surface area contributed by atoms with E-state index in [1.807, 2.05) is 25.7 Å². The smallest absolute Gasteiger partial charge is 0.228 e. The normalized spacial score (nSPS) is 18.4. The number of oxazole rings is 1. The fraction of sp³-hybridized carbons (Fsp3) is 0.500. The van der Waals surface area contributed by atoms with Gasteiger partial charge in [-0.3, -0.25) is 4.79 Å². The van der Waals surface area contributed by atoms with Crippen LogP contribution in [0.15, 0.2) is 34.9 Å². The van der Waals surface area contributed by atoms with E-state index >= 15 is 0 Å². The van der Waals surface area contributed by atoms with Crippen LogP contribution in [0.2, 0.25) is 0 Å². The maximum absolute atomic E-state index is 13.8. The van der Waals surface area contributed by atoms with Crippen LogP contribution in [0, 0.1) is 11.2 Å². The molecule has 1 atom stereocenters. The van der Waals surface area contributed by atoms with E-state index in [-0.39, 0.29) is 17.8 Å². The van der Waals surface area contributed by atoms with Crippen molar-refractivity contribution in [3.05, 3.63) is 53.5 Å². The number of piperidine rings is 1. The molecule has 2 aromatic rings. The van der Waals surface area contributed by atoms with E-state index in [4.69, 9.17) is 4.42 Å². The molecule has 4 nitrogen and oxygen atoms in total. The van der Waals surface area contributed by atoms with Gasteiger partial charge in [-0.15, -0.1) is 0 Å². The van der Waals surface area contributed by atoms with Gasteiger partial charge in [0.15, 0.2) is 0 Å². The third-order valence-electron chi connectivity index (χ3n) is 4.58. The van der Waals surface area contributed by atoms with Crippen molar-refractivity contribution in [3.8, 4) is 0 Å². The predicted molar refractivity (Wildman–Crippen MR) is 93.5 cm³/mol. The second-order valence-electron chi connectivity index (χ2n) is 7.69. The molecule has 134 valence electrons. The number of rotatable bonds is 3. The molecular formula is C20H25FN2O2. The largest absolute Gasteiger partial charge is 0.443 e. The highest BCUT2D eigenvalue weighted by atomic mass is 19.1. The zero-order valence-corrected chi connectivity index (χ0v) is 15.1. The fourth-order valence-corrected chi connectivity index (χ4v) is 3.25. The Kier molecular flexibility index (Phi) is 4.93. The molecule has 1 aromatic carbocycles. The van der Waals surface area contributed by atoms with Crippen LogP contribution in [-0.4, -0.2) is 22.3 Å². The third-order valence-corrected chi connectivity index (χ3v) is 4.58. The minimum atomic E-state index is -0.432. The molecule has 1 aliphatic rings. The zero-order valence-electron chi connectivity index (χ0n) is 15.1. The highest BCUT2D eigenvalue weighted by Crippen LogP contribution is 2.34. The summed E-state index contributed by atoms with van der Waals surface area (Å²) in [5.74, 6) is 1.05. The van der Waals surface area contributed by atoms with E-state index in [0.29, 0.717) is 23.6 Å². The van der Waals surface area contributed by atoms with Crippen LogP contribution < -0.4 is 0 Å². The molecule has 2 heterocycles. The summed E-state index contributed by atoms with van der Waals surface area (Å²) < 4.78 is 19.7. The number of nitrogens with zero attached hydrogens (tertiary/aromatic N) is 2. The van der Waals surface area contributed by atoms with Gasteiger partial charge in [0.05, 0.1) is 6.20 Å². The second-order valence-corrected chi connectivity index (χ2v) is 7.69. The van der Waals surface area contributed by atoms with Crippen LogP contribution >= 0.6 is 0 Å². The lowest BCUT2D eigenvalue weighted by Crippen LogP contribution is -2.44. The van der Waals surface area contributed by atoms with Crippen molar-refractivity contribution < 1.29 is 13.6 Å². The lowest BCUT2D eigenvalue weighted by atomic mass is 9.91. The molecule has 0 aliphatic carbocycles. The molecule has 0 spiro atoms. The number of hydrogen-bond acceptors (Lipinski definition) is 3. The zero-order chi connectivity index (χ0) is 18.0. The van der Waals surface area contributed by atoms with Crippen molar-refractivity contribution in [1.82, 2.24) is 9.88 Å². The van der Waals surface area contributed by atoms with Crippen LogP contribution in [0.3, 0.4) is 0 Å². The monoisotopic (exact) mass is 344 g/mol. The summed E-state index contributed by atoms with van der Waals surface area (Å²) in [6, 6.07) is 6.53. The highest BCUT2D eigenvalue weighted by molar-refractivity contribution is 5.82. The highest BCUT2D eigenvalue weighted by Gasteiger charge is 2.36. The van der Waals surface area contributed by atoms with Gasteiger partial charge in [0.1, 0.15) is 17.6 Å². The van der Waals surface area contributed by atoms with Crippen molar-refractivity contribution >= 4 is 5.91 Å². The summed E-state index contributed by atoms with van der Waals surface area (Å²) in [5.41, 5.74) is 0.148. The van der Waals surface area contributed by atoms with E-state index in [9.17, 15) is 9.18 Å². The van der Waals surface area contributed by atoms with E-state index in [1.54, 1.807) is 24.4 Å². The van der Waals surface area contributed by atoms with Crippen molar-refractivity contribution in [2.24, 2.45) is 5.41 Å². The van der Waals surface area contributed by atoms with Gasteiger partial charge in [0, 0.05) is 18.4 Å². The van der Waals surface area contributed by atoms with Gasteiger partial charge in [0.25, 0.3) is 0 Å². The molecule has 0 N–H and O–H groups in total. The third kappa shape index (κ3) is 3.91. The Morgan fingerprint density at radius 3 is 2.80 bits per heavy atom. The van der Waals surface area contributed by atoms with Crippen LogP contribution in [0.1, 0.15) is 63.3 Å². The average molecular weight is 344 g/mol. The van der Waals surface area contributed by atoms with E-state index < -0.39 is 5.41 Å². The Bertz CT molecular complexity index is 748. The van der Waals surface area contributed by atoms with E-state index in [1.165, 1.54) is 6.07 Å². The van der Waals surface area contributed by atoms with Crippen LogP contribution in [0.5, 0.6) is 0 Å². The van der Waals surface area contributed by atoms with Crippen molar-refractivity contribution in [1.29, 1.82) is 0 Å². The number of halogens is 1. The SMILES string of the molecule is CC(C)(C)C(=O)N1CCCC[C@@H]1c1ncc(Cc2ccccc2F)o1. The van der Waals surface area contributed by atoms with Gasteiger partial charge in [-0.1, -0.05) is 39.0 Å².